The van der Waals surface area contributed by atoms with Crippen LogP contribution in [-0.4, -0.2) is 74.3 Å². The summed E-state index contributed by atoms with van der Waals surface area (Å²) in [5.74, 6) is 1.91. The van der Waals surface area contributed by atoms with E-state index < -0.39 is 0 Å². The van der Waals surface area contributed by atoms with E-state index in [1.165, 1.54) is 19.3 Å². The number of methoxy groups -OCH3 is 1. The van der Waals surface area contributed by atoms with Gasteiger partial charge in [-0.1, -0.05) is 12.5 Å². The average molecular weight is 388 g/mol. The number of nitrogens with one attached hydrogen (secondary N) is 1. The van der Waals surface area contributed by atoms with Gasteiger partial charge < -0.3 is 19.7 Å². The molecular weight excluding hydrogens is 354 g/mol. The molecule has 3 aliphatic rings. The number of amides is 1. The zero-order valence-electron chi connectivity index (χ0n) is 16.9. The minimum atomic E-state index is -0.0859. The van der Waals surface area contributed by atoms with Crippen LogP contribution in [0, 0.1) is 5.92 Å². The second-order valence-electron chi connectivity index (χ2n) is 8.36. The Morgan fingerprint density at radius 2 is 2.04 bits per heavy atom. The fourth-order valence-electron chi connectivity index (χ4n) is 4.49. The van der Waals surface area contributed by atoms with Crippen LogP contribution in [-0.2, 0) is 9.53 Å². The van der Waals surface area contributed by atoms with E-state index in [1.54, 1.807) is 7.11 Å². The van der Waals surface area contributed by atoms with Crippen LogP contribution in [0.4, 0.5) is 5.69 Å². The Balaban J connectivity index is 1.29. The second kappa shape index (κ2) is 9.14. The summed E-state index contributed by atoms with van der Waals surface area (Å²) in [5, 5.41) is 3.59. The number of carbonyl (C=O) groups is 1. The molecule has 1 aromatic carbocycles. The number of piperidine rings is 1. The van der Waals surface area contributed by atoms with Gasteiger partial charge >= 0.3 is 0 Å². The number of likely N-dealkylation sites (tertiary alicyclic amines) is 1. The Bertz CT molecular complexity index is 656. The van der Waals surface area contributed by atoms with Crippen molar-refractivity contribution in [3.8, 4) is 5.75 Å². The lowest BCUT2D eigenvalue weighted by molar-refractivity contribution is -0.145. The van der Waals surface area contributed by atoms with Crippen molar-refractivity contribution >= 4 is 11.6 Å². The van der Waals surface area contributed by atoms with E-state index in [4.69, 9.17) is 9.47 Å². The van der Waals surface area contributed by atoms with Crippen LogP contribution >= 0.6 is 0 Å². The van der Waals surface area contributed by atoms with Gasteiger partial charge in [0.15, 0.2) is 0 Å². The van der Waals surface area contributed by atoms with Gasteiger partial charge in [-0.2, -0.15) is 0 Å². The van der Waals surface area contributed by atoms with Crippen LogP contribution in [0.2, 0.25) is 0 Å². The minimum absolute atomic E-state index is 0.0859. The molecule has 28 heavy (non-hydrogen) atoms. The molecule has 0 radical (unpaired) electrons. The predicted molar refractivity (Wildman–Crippen MR) is 110 cm³/mol. The largest absolute Gasteiger partial charge is 0.497 e. The Morgan fingerprint density at radius 1 is 1.21 bits per heavy atom. The van der Waals surface area contributed by atoms with Gasteiger partial charge in [0.1, 0.15) is 11.8 Å². The molecule has 1 aliphatic carbocycles. The summed E-state index contributed by atoms with van der Waals surface area (Å²) >= 11 is 0. The van der Waals surface area contributed by atoms with Crippen LogP contribution < -0.4 is 10.1 Å². The lowest BCUT2D eigenvalue weighted by Crippen LogP contribution is -2.57. The van der Waals surface area contributed by atoms with Gasteiger partial charge in [-0.15, -0.1) is 0 Å². The molecule has 4 rings (SSSR count). The maximum Gasteiger partial charge on any atom is 0.242 e. The zero-order valence-corrected chi connectivity index (χ0v) is 16.9. The van der Waals surface area contributed by atoms with Gasteiger partial charge in [-0.25, -0.2) is 0 Å². The predicted octanol–water partition coefficient (Wildman–Crippen LogP) is 2.60. The first-order valence-electron chi connectivity index (χ1n) is 10.7. The summed E-state index contributed by atoms with van der Waals surface area (Å²) in [5.41, 5.74) is 1.08. The van der Waals surface area contributed by atoms with Crippen LogP contribution in [0.5, 0.6) is 5.75 Å². The maximum atomic E-state index is 13.2. The number of anilines is 1. The molecule has 1 saturated carbocycles. The molecule has 154 valence electrons. The molecular formula is C22H33N3O3. The van der Waals surface area contributed by atoms with Crippen LogP contribution in [0.15, 0.2) is 24.3 Å². The lowest BCUT2D eigenvalue weighted by atomic mass is 9.84. The third-order valence-corrected chi connectivity index (χ3v) is 6.49. The molecule has 1 amide bonds. The third kappa shape index (κ3) is 4.61. The topological polar surface area (TPSA) is 54.0 Å². The number of morpholine rings is 1. The number of nitrogens with zero attached hydrogens (tertiary/aromatic N) is 2. The van der Waals surface area contributed by atoms with Crippen molar-refractivity contribution in [2.45, 2.75) is 44.2 Å². The number of benzene rings is 1. The van der Waals surface area contributed by atoms with Crippen LogP contribution in [0.3, 0.4) is 0 Å². The monoisotopic (exact) mass is 387 g/mol. The van der Waals surface area contributed by atoms with Gasteiger partial charge in [-0.3, -0.25) is 9.69 Å². The number of hydrogen-bond donors (Lipinski definition) is 1. The maximum absolute atomic E-state index is 13.2. The molecule has 3 fully saturated rings. The van der Waals surface area contributed by atoms with E-state index in [-0.39, 0.29) is 11.9 Å². The van der Waals surface area contributed by atoms with Crippen molar-refractivity contribution < 1.29 is 14.3 Å². The van der Waals surface area contributed by atoms with Crippen LogP contribution in [0.1, 0.15) is 32.1 Å². The molecule has 1 N–H and O–H groups in total. The van der Waals surface area contributed by atoms with Gasteiger partial charge in [-0.05, 0) is 43.7 Å². The first-order chi connectivity index (χ1) is 13.7. The van der Waals surface area contributed by atoms with Crippen LogP contribution in [0.25, 0.3) is 0 Å². The highest BCUT2D eigenvalue weighted by molar-refractivity contribution is 5.82. The van der Waals surface area contributed by atoms with Crippen molar-refractivity contribution in [2.24, 2.45) is 5.92 Å². The Hall–Kier alpha value is -1.79. The average Bonchev–Trinajstić information content (AvgIpc) is 2.71. The molecule has 0 spiro atoms. The minimum Gasteiger partial charge on any atom is -0.497 e. The molecule has 0 aromatic heterocycles. The Kier molecular flexibility index (Phi) is 6.37. The van der Waals surface area contributed by atoms with Gasteiger partial charge in [0, 0.05) is 44.0 Å². The highest BCUT2D eigenvalue weighted by Gasteiger charge is 2.35. The molecule has 0 bridgehead atoms. The SMILES string of the molecule is COc1cccc(NC2CCN(C(=O)C3COCCN3CC3CCC3)CC2)c1. The molecule has 1 unspecified atom stereocenters. The van der Waals surface area contributed by atoms with Crippen molar-refractivity contribution in [1.29, 1.82) is 0 Å². The highest BCUT2D eigenvalue weighted by Crippen LogP contribution is 2.29. The number of carbonyl (C=O) groups excluding carboxylic acids is 1. The van der Waals surface area contributed by atoms with Crippen molar-refractivity contribution in [2.75, 3.05) is 51.8 Å². The molecule has 6 heteroatoms. The Labute approximate surface area is 168 Å². The summed E-state index contributed by atoms with van der Waals surface area (Å²) in [7, 11) is 1.69. The molecule has 1 aromatic rings. The molecule has 2 saturated heterocycles. The fraction of sp³-hybridized carbons (Fsp3) is 0.682. The van der Waals surface area contributed by atoms with E-state index in [1.807, 2.05) is 18.2 Å². The van der Waals surface area contributed by atoms with Gasteiger partial charge in [0.2, 0.25) is 5.91 Å². The quantitative estimate of drug-likeness (QED) is 0.813. The first-order valence-corrected chi connectivity index (χ1v) is 10.7. The normalized spacial score (nSPS) is 24.6. The first kappa shape index (κ1) is 19.5. The molecule has 2 heterocycles. The van der Waals surface area contributed by atoms with E-state index in [9.17, 15) is 4.79 Å². The smallest absolute Gasteiger partial charge is 0.242 e. The summed E-state index contributed by atoms with van der Waals surface area (Å²) in [6.45, 7) is 4.88. The summed E-state index contributed by atoms with van der Waals surface area (Å²) in [6, 6.07) is 8.35. The van der Waals surface area contributed by atoms with E-state index in [0.717, 1.165) is 63.0 Å². The zero-order chi connectivity index (χ0) is 19.3. The van der Waals surface area contributed by atoms with Gasteiger partial charge in [0.05, 0.1) is 20.3 Å². The second-order valence-corrected chi connectivity index (χ2v) is 8.36. The van der Waals surface area contributed by atoms with Crippen molar-refractivity contribution in [1.82, 2.24) is 9.80 Å². The Morgan fingerprint density at radius 3 is 2.75 bits per heavy atom. The summed E-state index contributed by atoms with van der Waals surface area (Å²) in [6.07, 6.45) is 5.93. The molecule has 2 aliphatic heterocycles. The molecule has 1 atom stereocenters. The third-order valence-electron chi connectivity index (χ3n) is 6.49. The fourth-order valence-corrected chi connectivity index (χ4v) is 4.49. The van der Waals surface area contributed by atoms with E-state index in [2.05, 4.69) is 21.2 Å². The lowest BCUT2D eigenvalue weighted by Gasteiger charge is -2.42. The summed E-state index contributed by atoms with van der Waals surface area (Å²) in [4.78, 5) is 17.6. The number of ether oxygens (including phenoxy) is 2. The molecule has 6 nitrogen and oxygen atoms in total. The number of rotatable bonds is 6. The van der Waals surface area contributed by atoms with Crippen molar-refractivity contribution in [3.05, 3.63) is 24.3 Å². The van der Waals surface area contributed by atoms with E-state index >= 15 is 0 Å². The number of hydrogen-bond acceptors (Lipinski definition) is 5. The highest BCUT2D eigenvalue weighted by atomic mass is 16.5. The van der Waals surface area contributed by atoms with E-state index in [0.29, 0.717) is 12.6 Å². The van der Waals surface area contributed by atoms with Crippen molar-refractivity contribution in [3.63, 3.8) is 0 Å². The standard InChI is InChI=1S/C22H33N3O3/c1-27-20-7-3-6-19(14-20)23-18-8-10-24(11-9-18)22(26)21-16-28-13-12-25(21)15-17-4-2-5-17/h3,6-7,14,17-18,21,23H,2,4-5,8-13,15-16H2,1H3. The van der Waals surface area contributed by atoms with Gasteiger partial charge in [0.25, 0.3) is 0 Å². The summed E-state index contributed by atoms with van der Waals surface area (Å²) < 4.78 is 11.0.